The van der Waals surface area contributed by atoms with Gasteiger partial charge in [0.15, 0.2) is 0 Å². The molecule has 1 aromatic heterocycles. The van der Waals surface area contributed by atoms with Crippen LogP contribution in [0.4, 0.5) is 0 Å². The van der Waals surface area contributed by atoms with E-state index >= 15 is 0 Å². The Labute approximate surface area is 241 Å². The molecule has 0 aliphatic carbocycles. The first kappa shape index (κ1) is 25.8. The maximum atomic E-state index is 13.8. The summed E-state index contributed by atoms with van der Waals surface area (Å²) in [7, 11) is 0. The van der Waals surface area contributed by atoms with Crippen molar-refractivity contribution in [3.63, 3.8) is 0 Å². The maximum absolute atomic E-state index is 13.8. The molecule has 1 N–H and O–H groups in total. The van der Waals surface area contributed by atoms with Crippen molar-refractivity contribution in [2.24, 2.45) is 5.10 Å². The highest BCUT2D eigenvalue weighted by atomic mass is 35.5. The van der Waals surface area contributed by atoms with Gasteiger partial charge in [-0.3, -0.25) is 9.59 Å². The van der Waals surface area contributed by atoms with Gasteiger partial charge in [0.05, 0.1) is 27.9 Å². The lowest BCUT2D eigenvalue weighted by molar-refractivity contribution is 0.0742. The molecule has 1 aliphatic rings. The monoisotopic (exact) mass is 563 g/mol. The number of carbonyl (C=O) groups excluding carboxylic acids is 1. The average Bonchev–Trinajstić information content (AvgIpc) is 3.40. The standard InChI is InChI=1S/C33H23Cl2N3O2/c34-23-16-18-28-26(19-23)30(22-11-5-2-6-12-22)31(32(39)36-28)29-20-24(17-15-21-9-3-1-4-10-21)38(37-29)33(40)25-13-7-8-14-27(25)35/h1-19,24H,20H2,(H,36,39)/b17-15+/t24-/m1/s1. The molecule has 5 aromatic rings. The van der Waals surface area contributed by atoms with Gasteiger partial charge < -0.3 is 4.98 Å². The molecule has 1 aliphatic heterocycles. The van der Waals surface area contributed by atoms with Crippen LogP contribution < -0.4 is 5.56 Å². The summed E-state index contributed by atoms with van der Waals surface area (Å²) in [6, 6.07) is 31.3. The van der Waals surface area contributed by atoms with E-state index in [1.165, 1.54) is 5.01 Å². The molecule has 0 radical (unpaired) electrons. The number of nitrogens with one attached hydrogen (secondary N) is 1. The second-order valence-corrected chi connectivity index (χ2v) is 10.3. The van der Waals surface area contributed by atoms with Crippen molar-refractivity contribution in [1.82, 2.24) is 9.99 Å². The zero-order valence-corrected chi connectivity index (χ0v) is 22.7. The number of aromatic nitrogens is 1. The van der Waals surface area contributed by atoms with Crippen molar-refractivity contribution in [1.29, 1.82) is 0 Å². The molecule has 1 atom stereocenters. The van der Waals surface area contributed by atoms with E-state index in [4.69, 9.17) is 28.3 Å². The molecular formula is C33H23Cl2N3O2. The van der Waals surface area contributed by atoms with E-state index in [2.05, 4.69) is 4.98 Å². The van der Waals surface area contributed by atoms with Crippen LogP contribution in [0.3, 0.4) is 0 Å². The van der Waals surface area contributed by atoms with Gasteiger partial charge in [-0.2, -0.15) is 5.10 Å². The van der Waals surface area contributed by atoms with Crippen molar-refractivity contribution < 1.29 is 4.79 Å². The lowest BCUT2D eigenvalue weighted by Crippen LogP contribution is -2.31. The van der Waals surface area contributed by atoms with Crippen LogP contribution in [0, 0.1) is 0 Å². The molecule has 0 unspecified atom stereocenters. The SMILES string of the molecule is O=C(c1ccccc1Cl)N1N=C(c2c(-c3ccccc3)c3cc(Cl)ccc3[nH]c2=O)C[C@H]1/C=C/c1ccccc1. The molecule has 6 rings (SSSR count). The fourth-order valence-corrected chi connectivity index (χ4v) is 5.41. The number of fused-ring (bicyclic) bond motifs is 1. The van der Waals surface area contributed by atoms with E-state index in [1.807, 2.05) is 78.9 Å². The van der Waals surface area contributed by atoms with Crippen molar-refractivity contribution in [3.05, 3.63) is 146 Å². The molecule has 2 heterocycles. The van der Waals surface area contributed by atoms with Gasteiger partial charge in [0.1, 0.15) is 0 Å². The Morgan fingerprint density at radius 1 is 0.875 bits per heavy atom. The van der Waals surface area contributed by atoms with Crippen molar-refractivity contribution in [2.75, 3.05) is 0 Å². The minimum Gasteiger partial charge on any atom is -0.321 e. The molecule has 196 valence electrons. The molecule has 5 nitrogen and oxygen atoms in total. The fraction of sp³-hybridized carbons (Fsp3) is 0.0606. The number of aromatic amines is 1. The number of pyridine rings is 1. The zero-order chi connectivity index (χ0) is 27.6. The normalized spacial score (nSPS) is 15.1. The van der Waals surface area contributed by atoms with Crippen LogP contribution in [0.1, 0.15) is 27.9 Å². The summed E-state index contributed by atoms with van der Waals surface area (Å²) in [5.74, 6) is -0.343. The molecule has 0 saturated carbocycles. The lowest BCUT2D eigenvalue weighted by atomic mass is 9.92. The molecule has 0 saturated heterocycles. The highest BCUT2D eigenvalue weighted by molar-refractivity contribution is 6.34. The van der Waals surface area contributed by atoms with Crippen LogP contribution in [0.5, 0.6) is 0 Å². The number of rotatable bonds is 5. The minimum atomic E-state index is -0.433. The number of hydrogen-bond acceptors (Lipinski definition) is 3. The summed E-state index contributed by atoms with van der Waals surface area (Å²) in [6.45, 7) is 0. The molecule has 1 amide bonds. The number of halogens is 2. The van der Waals surface area contributed by atoms with Crippen LogP contribution in [0.25, 0.3) is 28.1 Å². The number of hydrogen-bond donors (Lipinski definition) is 1. The summed E-state index contributed by atoms with van der Waals surface area (Å²) in [5.41, 5.74) is 4.20. The Morgan fingerprint density at radius 2 is 1.57 bits per heavy atom. The predicted octanol–water partition coefficient (Wildman–Crippen LogP) is 7.83. The topological polar surface area (TPSA) is 65.5 Å². The van der Waals surface area contributed by atoms with Gasteiger partial charge in [0.25, 0.3) is 11.5 Å². The summed E-state index contributed by atoms with van der Waals surface area (Å²) < 4.78 is 0. The van der Waals surface area contributed by atoms with Gasteiger partial charge >= 0.3 is 0 Å². The van der Waals surface area contributed by atoms with Gasteiger partial charge in [0, 0.05) is 27.9 Å². The highest BCUT2D eigenvalue weighted by Gasteiger charge is 2.34. The van der Waals surface area contributed by atoms with Gasteiger partial charge in [-0.1, -0.05) is 108 Å². The molecule has 0 bridgehead atoms. The van der Waals surface area contributed by atoms with Crippen molar-refractivity contribution in [3.8, 4) is 11.1 Å². The Bertz CT molecular complexity index is 1850. The molecule has 7 heteroatoms. The number of amides is 1. The lowest BCUT2D eigenvalue weighted by Gasteiger charge is -2.19. The molecule has 40 heavy (non-hydrogen) atoms. The van der Waals surface area contributed by atoms with Gasteiger partial charge in [-0.15, -0.1) is 0 Å². The zero-order valence-electron chi connectivity index (χ0n) is 21.2. The Hall–Kier alpha value is -4.45. The van der Waals surface area contributed by atoms with Gasteiger partial charge in [-0.05, 0) is 41.5 Å². The summed E-state index contributed by atoms with van der Waals surface area (Å²) in [5, 5.41) is 7.89. The van der Waals surface area contributed by atoms with Crippen LogP contribution >= 0.6 is 23.2 Å². The smallest absolute Gasteiger partial charge is 0.276 e. The van der Waals surface area contributed by atoms with Gasteiger partial charge in [0.2, 0.25) is 0 Å². The predicted molar refractivity (Wildman–Crippen MR) is 163 cm³/mol. The fourth-order valence-electron chi connectivity index (χ4n) is 5.02. The summed E-state index contributed by atoms with van der Waals surface area (Å²) in [6.07, 6.45) is 4.24. The Kier molecular flexibility index (Phi) is 7.08. The van der Waals surface area contributed by atoms with Crippen LogP contribution in [-0.2, 0) is 0 Å². The van der Waals surface area contributed by atoms with Crippen LogP contribution in [0.15, 0.2) is 119 Å². The molecule has 4 aromatic carbocycles. The third kappa shape index (κ3) is 4.97. The average molecular weight is 564 g/mol. The quantitative estimate of drug-likeness (QED) is 0.236. The maximum Gasteiger partial charge on any atom is 0.276 e. The second-order valence-electron chi connectivity index (χ2n) is 9.48. The van der Waals surface area contributed by atoms with Crippen molar-refractivity contribution in [2.45, 2.75) is 12.5 Å². The number of carbonyl (C=O) groups is 1. The first-order valence-corrected chi connectivity index (χ1v) is 13.6. The first-order chi connectivity index (χ1) is 19.5. The highest BCUT2D eigenvalue weighted by Crippen LogP contribution is 2.34. The summed E-state index contributed by atoms with van der Waals surface area (Å²) in [4.78, 5) is 30.4. The first-order valence-electron chi connectivity index (χ1n) is 12.8. The van der Waals surface area contributed by atoms with E-state index in [0.29, 0.717) is 38.8 Å². The van der Waals surface area contributed by atoms with E-state index in [0.717, 1.165) is 22.1 Å². The number of H-pyrrole nitrogens is 1. The molecular weight excluding hydrogens is 541 g/mol. The van der Waals surface area contributed by atoms with E-state index < -0.39 is 6.04 Å². The van der Waals surface area contributed by atoms with E-state index in [9.17, 15) is 9.59 Å². The summed E-state index contributed by atoms with van der Waals surface area (Å²) >= 11 is 12.8. The van der Waals surface area contributed by atoms with E-state index in [-0.39, 0.29) is 11.5 Å². The van der Waals surface area contributed by atoms with Crippen LogP contribution in [-0.4, -0.2) is 27.7 Å². The number of nitrogens with zero attached hydrogens (tertiary/aromatic N) is 2. The van der Waals surface area contributed by atoms with E-state index in [1.54, 1.807) is 36.4 Å². The largest absolute Gasteiger partial charge is 0.321 e. The minimum absolute atomic E-state index is 0.287. The van der Waals surface area contributed by atoms with Gasteiger partial charge in [-0.25, -0.2) is 5.01 Å². The number of hydrazone groups is 1. The number of benzene rings is 4. The Morgan fingerprint density at radius 3 is 2.33 bits per heavy atom. The third-order valence-corrected chi connectivity index (χ3v) is 7.46. The Balaban J connectivity index is 1.53. The third-order valence-electron chi connectivity index (χ3n) is 6.90. The second kappa shape index (κ2) is 11.0. The molecule has 0 spiro atoms. The molecule has 0 fully saturated rings. The van der Waals surface area contributed by atoms with Crippen LogP contribution in [0.2, 0.25) is 10.0 Å². The van der Waals surface area contributed by atoms with Crippen molar-refractivity contribution >= 4 is 51.8 Å².